The van der Waals surface area contributed by atoms with Crippen LogP contribution < -0.4 is 10.6 Å². The summed E-state index contributed by atoms with van der Waals surface area (Å²) in [6, 6.07) is 9.36. The average Bonchev–Trinajstić information content (AvgIpc) is 2.78. The van der Waals surface area contributed by atoms with Gasteiger partial charge in [0, 0.05) is 5.56 Å². The Morgan fingerprint density at radius 2 is 1.93 bits per heavy atom. The van der Waals surface area contributed by atoms with Crippen LogP contribution in [-0.2, 0) is 9.59 Å². The minimum atomic E-state index is -0.565. The van der Waals surface area contributed by atoms with E-state index in [4.69, 9.17) is 0 Å². The van der Waals surface area contributed by atoms with Gasteiger partial charge in [-0.25, -0.2) is 10.0 Å². The van der Waals surface area contributed by atoms with Crippen molar-refractivity contribution in [2.75, 3.05) is 13.2 Å². The molecule has 0 spiro atoms. The van der Waals surface area contributed by atoms with Crippen LogP contribution in [-0.4, -0.2) is 51.7 Å². The highest BCUT2D eigenvalue weighted by molar-refractivity contribution is 5.92. The smallest absolute Gasteiger partial charge is 0.272 e. The van der Waals surface area contributed by atoms with Gasteiger partial charge in [0.1, 0.15) is 5.69 Å². The zero-order valence-corrected chi connectivity index (χ0v) is 17.0. The van der Waals surface area contributed by atoms with Crippen molar-refractivity contribution < 1.29 is 19.6 Å². The highest BCUT2D eigenvalue weighted by atomic mass is 16.5. The van der Waals surface area contributed by atoms with Gasteiger partial charge in [-0.2, -0.15) is 0 Å². The predicted octanol–water partition coefficient (Wildman–Crippen LogP) is 1.99. The predicted molar refractivity (Wildman–Crippen MR) is 110 cm³/mol. The Balaban J connectivity index is 1.90. The molecule has 2 rings (SSSR count). The van der Waals surface area contributed by atoms with E-state index in [9.17, 15) is 19.6 Å². The Labute approximate surface area is 175 Å². The van der Waals surface area contributed by atoms with E-state index in [0.717, 1.165) is 24.8 Å². The van der Waals surface area contributed by atoms with Crippen molar-refractivity contribution in [3.05, 3.63) is 48.4 Å². The second kappa shape index (κ2) is 12.3. The number of nitrogens with zero attached hydrogens (tertiary/aromatic N) is 3. The highest BCUT2D eigenvalue weighted by Crippen LogP contribution is 2.15. The van der Waals surface area contributed by atoms with Gasteiger partial charge in [-0.3, -0.25) is 24.6 Å². The first-order chi connectivity index (χ1) is 14.5. The molecule has 9 heteroatoms. The third-order valence-electron chi connectivity index (χ3n) is 4.50. The van der Waals surface area contributed by atoms with Crippen molar-refractivity contribution in [2.24, 2.45) is 5.92 Å². The summed E-state index contributed by atoms with van der Waals surface area (Å²) in [6.07, 6.45) is 6.46. The number of rotatable bonds is 12. The fourth-order valence-corrected chi connectivity index (χ4v) is 2.88. The molecule has 0 fully saturated rings. The maximum Gasteiger partial charge on any atom is 0.272 e. The van der Waals surface area contributed by atoms with E-state index in [-0.39, 0.29) is 31.2 Å². The van der Waals surface area contributed by atoms with E-state index in [0.29, 0.717) is 17.2 Å². The monoisotopic (exact) mass is 413 g/mol. The van der Waals surface area contributed by atoms with Crippen molar-refractivity contribution in [3.63, 3.8) is 0 Å². The van der Waals surface area contributed by atoms with Crippen LogP contribution in [0.4, 0.5) is 0 Å². The summed E-state index contributed by atoms with van der Waals surface area (Å²) in [5.41, 5.74) is 1.54. The van der Waals surface area contributed by atoms with Crippen LogP contribution in [0.1, 0.15) is 43.1 Å². The molecule has 160 valence electrons. The number of carbonyl (C=O) groups excluding carboxylic acids is 3. The minimum Gasteiger partial charge on any atom is -0.338 e. The SMILES string of the molecule is CCCCC[C@H](CN(O)C=O)C(=O)NCNC(=O)c1cncc(-c2ccccc2)n1. The van der Waals surface area contributed by atoms with Crippen LogP contribution in [0.25, 0.3) is 11.3 Å². The summed E-state index contributed by atoms with van der Waals surface area (Å²) in [6.45, 7) is 1.84. The molecule has 3 N–H and O–H groups in total. The molecule has 3 amide bonds. The normalized spacial score (nSPS) is 11.4. The summed E-state index contributed by atoms with van der Waals surface area (Å²) >= 11 is 0. The lowest BCUT2D eigenvalue weighted by atomic mass is 10.0. The number of amides is 3. The standard InChI is InChI=1S/C21H27N5O4/c1-2-3-5-10-17(13-26(30)15-27)20(28)23-14-24-21(29)19-12-22-11-18(25-19)16-8-6-4-7-9-16/h4,6-9,11-12,15,17,30H,2-3,5,10,13-14H2,1H3,(H,23,28)(H,24,29)/t17-/m1/s1. The molecule has 1 heterocycles. The molecule has 2 aromatic rings. The average molecular weight is 413 g/mol. The van der Waals surface area contributed by atoms with Crippen LogP contribution in [0, 0.1) is 5.92 Å². The fraction of sp³-hybridized carbons (Fsp3) is 0.381. The van der Waals surface area contributed by atoms with Crippen molar-refractivity contribution in [1.29, 1.82) is 0 Å². The number of aromatic nitrogens is 2. The molecule has 1 aromatic carbocycles. The lowest BCUT2D eigenvalue weighted by Crippen LogP contribution is -2.43. The van der Waals surface area contributed by atoms with E-state index in [2.05, 4.69) is 20.6 Å². The van der Waals surface area contributed by atoms with Crippen LogP contribution in [0.3, 0.4) is 0 Å². The second-order valence-electron chi connectivity index (χ2n) is 6.80. The first-order valence-electron chi connectivity index (χ1n) is 9.89. The van der Waals surface area contributed by atoms with E-state index in [1.54, 1.807) is 6.20 Å². The Morgan fingerprint density at radius 3 is 2.63 bits per heavy atom. The molecule has 0 saturated heterocycles. The Kier molecular flexibility index (Phi) is 9.39. The van der Waals surface area contributed by atoms with Gasteiger partial charge in [-0.1, -0.05) is 56.5 Å². The molecule has 0 aliphatic heterocycles. The van der Waals surface area contributed by atoms with Gasteiger partial charge in [0.25, 0.3) is 5.91 Å². The molecule has 0 radical (unpaired) electrons. The number of nitrogens with one attached hydrogen (secondary N) is 2. The second-order valence-corrected chi connectivity index (χ2v) is 6.80. The summed E-state index contributed by atoms with van der Waals surface area (Å²) in [4.78, 5) is 43.8. The molecule has 0 bridgehead atoms. The molecule has 1 aromatic heterocycles. The van der Waals surface area contributed by atoms with Crippen molar-refractivity contribution >= 4 is 18.2 Å². The first-order valence-corrected chi connectivity index (χ1v) is 9.89. The highest BCUT2D eigenvalue weighted by Gasteiger charge is 2.20. The van der Waals surface area contributed by atoms with Gasteiger partial charge >= 0.3 is 0 Å². The summed E-state index contributed by atoms with van der Waals surface area (Å²) < 4.78 is 0. The van der Waals surface area contributed by atoms with Crippen LogP contribution in [0.2, 0.25) is 0 Å². The maximum atomic E-state index is 12.4. The Hall–Kier alpha value is -3.33. The third-order valence-corrected chi connectivity index (χ3v) is 4.50. The number of hydrogen-bond acceptors (Lipinski definition) is 6. The molecule has 0 aliphatic rings. The van der Waals surface area contributed by atoms with E-state index < -0.39 is 11.8 Å². The quantitative estimate of drug-likeness (QED) is 0.161. The molecule has 0 unspecified atom stereocenters. The lowest BCUT2D eigenvalue weighted by molar-refractivity contribution is -0.154. The third kappa shape index (κ3) is 7.25. The number of benzene rings is 1. The Bertz CT molecular complexity index is 831. The van der Waals surface area contributed by atoms with Gasteiger partial charge in [0.05, 0.1) is 37.2 Å². The first kappa shape index (κ1) is 23.0. The van der Waals surface area contributed by atoms with Crippen molar-refractivity contribution in [2.45, 2.75) is 32.6 Å². The summed E-state index contributed by atoms with van der Waals surface area (Å²) in [5, 5.41) is 15.1. The number of unbranched alkanes of at least 4 members (excludes halogenated alkanes) is 2. The van der Waals surface area contributed by atoms with Crippen LogP contribution in [0.15, 0.2) is 42.7 Å². The zero-order valence-electron chi connectivity index (χ0n) is 17.0. The van der Waals surface area contributed by atoms with Gasteiger partial charge in [0.2, 0.25) is 12.3 Å². The largest absolute Gasteiger partial charge is 0.338 e. The van der Waals surface area contributed by atoms with E-state index >= 15 is 0 Å². The van der Waals surface area contributed by atoms with E-state index in [1.165, 1.54) is 6.20 Å². The molecule has 0 aliphatic carbocycles. The topological polar surface area (TPSA) is 125 Å². The summed E-state index contributed by atoms with van der Waals surface area (Å²) in [7, 11) is 0. The number of hydroxylamine groups is 2. The zero-order chi connectivity index (χ0) is 21.8. The van der Waals surface area contributed by atoms with Gasteiger partial charge in [-0.15, -0.1) is 0 Å². The lowest BCUT2D eigenvalue weighted by Gasteiger charge is -2.19. The van der Waals surface area contributed by atoms with Crippen molar-refractivity contribution in [1.82, 2.24) is 25.7 Å². The molecule has 30 heavy (non-hydrogen) atoms. The number of hydrogen-bond donors (Lipinski definition) is 3. The Morgan fingerprint density at radius 1 is 1.17 bits per heavy atom. The van der Waals surface area contributed by atoms with Gasteiger partial charge in [0.15, 0.2) is 0 Å². The van der Waals surface area contributed by atoms with E-state index in [1.807, 2.05) is 37.3 Å². The number of carbonyl (C=O) groups is 3. The van der Waals surface area contributed by atoms with Crippen molar-refractivity contribution in [3.8, 4) is 11.3 Å². The van der Waals surface area contributed by atoms with Gasteiger partial charge < -0.3 is 10.6 Å². The van der Waals surface area contributed by atoms with Crippen LogP contribution >= 0.6 is 0 Å². The summed E-state index contributed by atoms with van der Waals surface area (Å²) in [5.74, 6) is -1.39. The maximum absolute atomic E-state index is 12.4. The van der Waals surface area contributed by atoms with Gasteiger partial charge in [-0.05, 0) is 6.42 Å². The molecular weight excluding hydrogens is 386 g/mol. The molecule has 0 saturated carbocycles. The molecular formula is C21H27N5O4. The molecule has 9 nitrogen and oxygen atoms in total. The van der Waals surface area contributed by atoms with Crippen LogP contribution in [0.5, 0.6) is 0 Å². The fourth-order valence-electron chi connectivity index (χ4n) is 2.88. The minimum absolute atomic E-state index is 0.0996. The molecule has 1 atom stereocenters.